The van der Waals surface area contributed by atoms with Crippen molar-refractivity contribution in [1.29, 1.82) is 0 Å². The molecule has 0 aromatic carbocycles. The minimum absolute atomic E-state index is 0.113. The van der Waals surface area contributed by atoms with Crippen LogP contribution in [0.15, 0.2) is 22.1 Å². The molecule has 20 heavy (non-hydrogen) atoms. The standard InChI is InChI=1S/C12H12N4O4/c1-6-7(2)11(18)16(15-10(6)17)4-9-8(12(19)20)3-13-5-14-9/h3,5H,4H2,1-2H3,(H,15,17)(H,19,20). The van der Waals surface area contributed by atoms with Crippen LogP contribution in [0, 0.1) is 13.8 Å². The van der Waals surface area contributed by atoms with E-state index in [1.165, 1.54) is 6.33 Å². The molecule has 0 aliphatic heterocycles. The third kappa shape index (κ3) is 2.35. The number of carboxylic acid groups (broad SMARTS) is 1. The Morgan fingerprint density at radius 1 is 1.35 bits per heavy atom. The summed E-state index contributed by atoms with van der Waals surface area (Å²) in [7, 11) is 0. The lowest BCUT2D eigenvalue weighted by molar-refractivity contribution is 0.0694. The van der Waals surface area contributed by atoms with Gasteiger partial charge in [0.25, 0.3) is 11.1 Å². The molecule has 0 amide bonds. The van der Waals surface area contributed by atoms with Gasteiger partial charge in [-0.15, -0.1) is 0 Å². The molecular weight excluding hydrogens is 264 g/mol. The molecule has 0 unspecified atom stereocenters. The Morgan fingerprint density at radius 3 is 2.70 bits per heavy atom. The third-order valence-electron chi connectivity index (χ3n) is 3.04. The average molecular weight is 276 g/mol. The minimum Gasteiger partial charge on any atom is -0.478 e. The first kappa shape index (κ1) is 13.7. The molecule has 0 atom stereocenters. The normalized spacial score (nSPS) is 10.5. The van der Waals surface area contributed by atoms with Crippen molar-refractivity contribution < 1.29 is 9.90 Å². The van der Waals surface area contributed by atoms with Gasteiger partial charge in [-0.2, -0.15) is 0 Å². The number of aromatic nitrogens is 4. The van der Waals surface area contributed by atoms with Crippen molar-refractivity contribution in [2.24, 2.45) is 0 Å². The third-order valence-corrected chi connectivity index (χ3v) is 3.04. The number of hydrogen-bond acceptors (Lipinski definition) is 5. The highest BCUT2D eigenvalue weighted by atomic mass is 16.4. The number of carbonyl (C=O) groups is 1. The van der Waals surface area contributed by atoms with Gasteiger partial charge in [-0.05, 0) is 13.8 Å². The largest absolute Gasteiger partial charge is 0.478 e. The predicted molar refractivity (Wildman–Crippen MR) is 68.9 cm³/mol. The molecule has 104 valence electrons. The number of H-pyrrole nitrogens is 1. The summed E-state index contributed by atoms with van der Waals surface area (Å²) in [5, 5.41) is 11.4. The fourth-order valence-electron chi connectivity index (χ4n) is 1.71. The topological polar surface area (TPSA) is 118 Å². The Bertz CT molecular complexity index is 791. The maximum atomic E-state index is 12.0. The summed E-state index contributed by atoms with van der Waals surface area (Å²) in [5.41, 5.74) is -0.0934. The van der Waals surface area contributed by atoms with E-state index in [9.17, 15) is 14.4 Å². The van der Waals surface area contributed by atoms with Crippen LogP contribution in [-0.2, 0) is 6.54 Å². The second-order valence-corrected chi connectivity index (χ2v) is 4.27. The number of carboxylic acids is 1. The smallest absolute Gasteiger partial charge is 0.339 e. The van der Waals surface area contributed by atoms with E-state index in [2.05, 4.69) is 15.1 Å². The number of nitrogens with zero attached hydrogens (tertiary/aromatic N) is 3. The van der Waals surface area contributed by atoms with E-state index < -0.39 is 17.1 Å². The zero-order chi connectivity index (χ0) is 14.9. The highest BCUT2D eigenvalue weighted by Crippen LogP contribution is 2.04. The first-order chi connectivity index (χ1) is 9.41. The van der Waals surface area contributed by atoms with E-state index >= 15 is 0 Å². The van der Waals surface area contributed by atoms with Crippen LogP contribution in [-0.4, -0.2) is 30.8 Å². The SMILES string of the molecule is Cc1c(C)c(=O)n(Cc2ncncc2C(=O)O)[nH]c1=O. The van der Waals surface area contributed by atoms with Crippen LogP contribution in [0.3, 0.4) is 0 Å². The molecule has 0 fully saturated rings. The Balaban J connectivity index is 2.55. The monoisotopic (exact) mass is 276 g/mol. The van der Waals surface area contributed by atoms with Gasteiger partial charge in [0.2, 0.25) is 0 Å². The molecule has 0 saturated carbocycles. The molecule has 0 aliphatic rings. The van der Waals surface area contributed by atoms with Crippen molar-refractivity contribution in [2.75, 3.05) is 0 Å². The van der Waals surface area contributed by atoms with E-state index in [4.69, 9.17) is 5.11 Å². The van der Waals surface area contributed by atoms with Gasteiger partial charge in [0.05, 0.1) is 12.2 Å². The van der Waals surface area contributed by atoms with Gasteiger partial charge in [-0.25, -0.2) is 19.4 Å². The summed E-state index contributed by atoms with van der Waals surface area (Å²) in [6.07, 6.45) is 2.33. The fourth-order valence-corrected chi connectivity index (χ4v) is 1.71. The number of nitrogens with one attached hydrogen (secondary N) is 1. The molecule has 2 rings (SSSR count). The number of rotatable bonds is 3. The van der Waals surface area contributed by atoms with Crippen molar-refractivity contribution in [3.63, 3.8) is 0 Å². The first-order valence-corrected chi connectivity index (χ1v) is 5.74. The van der Waals surface area contributed by atoms with Gasteiger partial charge in [0.15, 0.2) is 0 Å². The zero-order valence-electron chi connectivity index (χ0n) is 10.9. The molecule has 8 heteroatoms. The summed E-state index contributed by atoms with van der Waals surface area (Å²) in [4.78, 5) is 42.2. The average Bonchev–Trinajstić information content (AvgIpc) is 2.43. The van der Waals surface area contributed by atoms with Gasteiger partial charge in [-0.1, -0.05) is 0 Å². The molecule has 0 aliphatic carbocycles. The summed E-state index contributed by atoms with van der Waals surface area (Å²) < 4.78 is 1.04. The molecule has 0 saturated heterocycles. The van der Waals surface area contributed by atoms with E-state index in [0.29, 0.717) is 11.1 Å². The zero-order valence-corrected chi connectivity index (χ0v) is 10.9. The number of hydrogen-bond donors (Lipinski definition) is 2. The molecule has 0 spiro atoms. The van der Waals surface area contributed by atoms with Crippen molar-refractivity contribution >= 4 is 5.97 Å². The second kappa shape index (κ2) is 5.08. The number of aromatic amines is 1. The van der Waals surface area contributed by atoms with Crippen molar-refractivity contribution in [1.82, 2.24) is 19.7 Å². The molecule has 8 nitrogen and oxygen atoms in total. The van der Waals surface area contributed by atoms with E-state index in [1.54, 1.807) is 13.8 Å². The summed E-state index contributed by atoms with van der Waals surface area (Å²) >= 11 is 0. The summed E-state index contributed by atoms with van der Waals surface area (Å²) in [6, 6.07) is 0. The quantitative estimate of drug-likeness (QED) is 0.793. The van der Waals surface area contributed by atoms with Gasteiger partial charge >= 0.3 is 5.97 Å². The van der Waals surface area contributed by atoms with E-state index in [1.807, 2.05) is 0 Å². The summed E-state index contributed by atoms with van der Waals surface area (Å²) in [6.45, 7) is 2.95. The van der Waals surface area contributed by atoms with Crippen LogP contribution in [0.4, 0.5) is 0 Å². The fraction of sp³-hybridized carbons (Fsp3) is 0.250. The van der Waals surface area contributed by atoms with Crippen LogP contribution >= 0.6 is 0 Å². The Morgan fingerprint density at radius 2 is 2.05 bits per heavy atom. The molecule has 2 N–H and O–H groups in total. The Labute approximate surface area is 112 Å². The number of aromatic carboxylic acids is 1. The van der Waals surface area contributed by atoms with E-state index in [0.717, 1.165) is 10.9 Å². The van der Waals surface area contributed by atoms with Crippen LogP contribution in [0.1, 0.15) is 27.2 Å². The molecule has 0 bridgehead atoms. The highest BCUT2D eigenvalue weighted by Gasteiger charge is 2.14. The van der Waals surface area contributed by atoms with Gasteiger partial charge in [0.1, 0.15) is 11.9 Å². The Kier molecular flexibility index (Phi) is 3.47. The lowest BCUT2D eigenvalue weighted by Gasteiger charge is -2.09. The molecule has 2 heterocycles. The highest BCUT2D eigenvalue weighted by molar-refractivity contribution is 5.88. The van der Waals surface area contributed by atoms with Gasteiger partial charge in [0, 0.05) is 17.3 Å². The van der Waals surface area contributed by atoms with Gasteiger partial charge < -0.3 is 5.11 Å². The van der Waals surface area contributed by atoms with Crippen LogP contribution in [0.5, 0.6) is 0 Å². The van der Waals surface area contributed by atoms with Crippen LogP contribution < -0.4 is 11.1 Å². The first-order valence-electron chi connectivity index (χ1n) is 5.74. The van der Waals surface area contributed by atoms with E-state index in [-0.39, 0.29) is 17.8 Å². The van der Waals surface area contributed by atoms with Gasteiger partial charge in [-0.3, -0.25) is 14.7 Å². The maximum Gasteiger partial charge on any atom is 0.339 e. The molecular formula is C12H12N4O4. The van der Waals surface area contributed by atoms with Crippen molar-refractivity contribution in [2.45, 2.75) is 20.4 Å². The van der Waals surface area contributed by atoms with Crippen molar-refractivity contribution in [3.8, 4) is 0 Å². The minimum atomic E-state index is -1.19. The molecule has 0 radical (unpaired) electrons. The maximum absolute atomic E-state index is 12.0. The van der Waals surface area contributed by atoms with Crippen molar-refractivity contribution in [3.05, 3.63) is 55.6 Å². The molecule has 2 aromatic rings. The van der Waals surface area contributed by atoms with Crippen LogP contribution in [0.25, 0.3) is 0 Å². The Hall–Kier alpha value is -2.77. The lowest BCUT2D eigenvalue weighted by atomic mass is 10.2. The molecule has 2 aromatic heterocycles. The van der Waals surface area contributed by atoms with Crippen LogP contribution in [0.2, 0.25) is 0 Å². The second-order valence-electron chi connectivity index (χ2n) is 4.27. The lowest BCUT2D eigenvalue weighted by Crippen LogP contribution is -2.34. The predicted octanol–water partition coefficient (Wildman–Crippen LogP) is -0.310. The summed E-state index contributed by atoms with van der Waals surface area (Å²) in [5.74, 6) is -1.19.